The van der Waals surface area contributed by atoms with Crippen LogP contribution in [0.15, 0.2) is 17.7 Å². The number of aryl methyl sites for hydroxylation is 1. The molecule has 0 unspecified atom stereocenters. The second kappa shape index (κ2) is 7.28. The van der Waals surface area contributed by atoms with Crippen molar-refractivity contribution in [3.8, 4) is 17.2 Å². The Morgan fingerprint density at radius 3 is 2.50 bits per heavy atom. The summed E-state index contributed by atoms with van der Waals surface area (Å²) in [7, 11) is 6.16. The summed E-state index contributed by atoms with van der Waals surface area (Å²) in [5.41, 5.74) is 1.59. The van der Waals surface area contributed by atoms with Gasteiger partial charge in [0.1, 0.15) is 0 Å². The monoisotopic (exact) mass is 417 g/mol. The summed E-state index contributed by atoms with van der Waals surface area (Å²) in [6.07, 6.45) is 3.35. The van der Waals surface area contributed by atoms with Gasteiger partial charge in [-0.2, -0.15) is 0 Å². The molecule has 0 aromatic heterocycles. The first-order valence-electron chi connectivity index (χ1n) is 9.95. The van der Waals surface area contributed by atoms with E-state index in [9.17, 15) is 9.59 Å². The molecule has 3 aliphatic rings. The minimum absolute atomic E-state index is 0.162. The van der Waals surface area contributed by atoms with Gasteiger partial charge in [0.15, 0.2) is 11.5 Å². The van der Waals surface area contributed by atoms with Crippen LogP contribution in [0.5, 0.6) is 17.2 Å². The number of methoxy groups -OCH3 is 4. The van der Waals surface area contributed by atoms with Crippen molar-refractivity contribution in [1.82, 2.24) is 5.32 Å². The molecular formula is C22H27NO7. The lowest BCUT2D eigenvalue weighted by molar-refractivity contribution is -0.207. The number of hydrogen-bond acceptors (Lipinski definition) is 7. The average Bonchev–Trinajstić information content (AvgIpc) is 3.19. The van der Waals surface area contributed by atoms with Crippen molar-refractivity contribution in [3.05, 3.63) is 28.8 Å². The minimum atomic E-state index is -1.51. The maximum absolute atomic E-state index is 13.3. The number of hydrogen-bond donors (Lipinski definition) is 1. The van der Waals surface area contributed by atoms with Crippen LogP contribution < -0.4 is 19.5 Å². The van der Waals surface area contributed by atoms with E-state index in [4.69, 9.17) is 23.7 Å². The lowest BCUT2D eigenvalue weighted by atomic mass is 9.67. The summed E-state index contributed by atoms with van der Waals surface area (Å²) in [6.45, 7) is 1.81. The highest BCUT2D eigenvalue weighted by molar-refractivity contribution is 6.04. The third kappa shape index (κ3) is 2.46. The highest BCUT2D eigenvalue weighted by atomic mass is 16.7. The van der Waals surface area contributed by atoms with Gasteiger partial charge in [0.2, 0.25) is 23.2 Å². The molecule has 4 rings (SSSR count). The average molecular weight is 417 g/mol. The largest absolute Gasteiger partial charge is 0.493 e. The van der Waals surface area contributed by atoms with Gasteiger partial charge in [0, 0.05) is 19.6 Å². The Morgan fingerprint density at radius 1 is 1.17 bits per heavy atom. The highest BCUT2D eigenvalue weighted by Crippen LogP contribution is 2.62. The number of ketones is 1. The molecule has 8 heteroatoms. The molecule has 1 N–H and O–H groups in total. The van der Waals surface area contributed by atoms with Crippen LogP contribution in [0.3, 0.4) is 0 Å². The molecule has 3 atom stereocenters. The molecule has 1 spiro atoms. The Kier molecular flexibility index (Phi) is 5.02. The van der Waals surface area contributed by atoms with Gasteiger partial charge >= 0.3 is 0 Å². The fraction of sp³-hybridized carbons (Fsp3) is 0.545. The molecule has 1 fully saturated rings. The second-order valence-electron chi connectivity index (χ2n) is 7.76. The number of carbonyl (C=O) groups is 2. The van der Waals surface area contributed by atoms with Gasteiger partial charge in [0.25, 0.3) is 0 Å². The number of rotatable bonds is 5. The normalized spacial score (nSPS) is 29.3. The Morgan fingerprint density at radius 2 is 1.90 bits per heavy atom. The van der Waals surface area contributed by atoms with Crippen molar-refractivity contribution < 1.29 is 33.3 Å². The Balaban J connectivity index is 2.08. The highest BCUT2D eigenvalue weighted by Gasteiger charge is 2.70. The van der Waals surface area contributed by atoms with E-state index in [-0.39, 0.29) is 17.7 Å². The number of carbonyl (C=O) groups excluding carboxylic acids is 2. The Bertz CT molecular complexity index is 940. The van der Waals surface area contributed by atoms with Gasteiger partial charge in [0.05, 0.1) is 39.4 Å². The molecule has 0 radical (unpaired) electrons. The van der Waals surface area contributed by atoms with Gasteiger partial charge in [-0.25, -0.2) is 0 Å². The van der Waals surface area contributed by atoms with Crippen molar-refractivity contribution in [1.29, 1.82) is 0 Å². The van der Waals surface area contributed by atoms with Gasteiger partial charge < -0.3 is 29.0 Å². The molecule has 2 aliphatic carbocycles. The van der Waals surface area contributed by atoms with Crippen LogP contribution in [0.2, 0.25) is 0 Å². The van der Waals surface area contributed by atoms with E-state index >= 15 is 0 Å². The summed E-state index contributed by atoms with van der Waals surface area (Å²) in [4.78, 5) is 25.2. The fourth-order valence-electron chi connectivity index (χ4n) is 5.50. The van der Waals surface area contributed by atoms with Crippen LogP contribution in [-0.2, 0) is 30.9 Å². The lowest BCUT2D eigenvalue weighted by Gasteiger charge is -2.41. The van der Waals surface area contributed by atoms with Gasteiger partial charge in [-0.3, -0.25) is 9.59 Å². The van der Waals surface area contributed by atoms with Crippen molar-refractivity contribution in [2.24, 2.45) is 0 Å². The Labute approximate surface area is 175 Å². The molecule has 8 nitrogen and oxygen atoms in total. The predicted molar refractivity (Wildman–Crippen MR) is 107 cm³/mol. The minimum Gasteiger partial charge on any atom is -0.493 e. The molecule has 0 bridgehead atoms. The maximum Gasteiger partial charge on any atom is 0.247 e. The summed E-state index contributed by atoms with van der Waals surface area (Å²) in [5, 5.41) is 3.02. The van der Waals surface area contributed by atoms with Crippen LogP contribution in [0.4, 0.5) is 0 Å². The van der Waals surface area contributed by atoms with Crippen LogP contribution in [0, 0.1) is 0 Å². The summed E-state index contributed by atoms with van der Waals surface area (Å²) in [5.74, 6) is -0.461. The molecule has 1 heterocycles. The smallest absolute Gasteiger partial charge is 0.247 e. The Hall–Kier alpha value is -2.58. The molecule has 1 saturated heterocycles. The van der Waals surface area contributed by atoms with Gasteiger partial charge in [-0.15, -0.1) is 0 Å². The zero-order chi connectivity index (χ0) is 21.7. The standard InChI is InChI=1S/C22H27NO7/c1-12(24)23-15-7-6-13-10-16(26-2)19(27-3)20(28-4)18(13)21-8-9-30-22(21,29-5)17(25)11-14(15)21/h10-11,15H,6-9H2,1-5H3,(H,23,24)/t15-,21+,22-/m0/s1. The quantitative estimate of drug-likeness (QED) is 0.779. The molecule has 1 aromatic rings. The van der Waals surface area contributed by atoms with Crippen LogP contribution >= 0.6 is 0 Å². The fourth-order valence-corrected chi connectivity index (χ4v) is 5.50. The van der Waals surface area contributed by atoms with Crippen molar-refractivity contribution in [2.75, 3.05) is 35.0 Å². The predicted octanol–water partition coefficient (Wildman–Crippen LogP) is 1.67. The zero-order valence-electron chi connectivity index (χ0n) is 17.9. The van der Waals surface area contributed by atoms with E-state index in [1.807, 2.05) is 6.07 Å². The zero-order valence-corrected chi connectivity index (χ0v) is 17.9. The van der Waals surface area contributed by atoms with Crippen LogP contribution in [0.25, 0.3) is 0 Å². The first kappa shape index (κ1) is 20.7. The van der Waals surface area contributed by atoms with Gasteiger partial charge in [-0.05, 0) is 42.5 Å². The number of benzene rings is 1. The first-order chi connectivity index (χ1) is 14.4. The number of fused-ring (bicyclic) bond motifs is 1. The SMILES string of the molecule is COc1cc2c(c(OC)c1OC)[C@]13CCO[C@@]1(OC)C(=O)C=C3[C@@H](NC(C)=O)CC2. The maximum atomic E-state index is 13.3. The van der Waals surface area contributed by atoms with Crippen molar-refractivity contribution in [3.63, 3.8) is 0 Å². The summed E-state index contributed by atoms with van der Waals surface area (Å²) in [6, 6.07) is 1.58. The first-order valence-corrected chi connectivity index (χ1v) is 9.95. The second-order valence-corrected chi connectivity index (χ2v) is 7.76. The van der Waals surface area contributed by atoms with Crippen molar-refractivity contribution >= 4 is 11.7 Å². The molecule has 30 heavy (non-hydrogen) atoms. The van der Waals surface area contributed by atoms with E-state index in [0.717, 1.165) is 16.7 Å². The van der Waals surface area contributed by atoms with E-state index in [2.05, 4.69) is 5.32 Å². The van der Waals surface area contributed by atoms with Crippen molar-refractivity contribution in [2.45, 2.75) is 43.4 Å². The van der Waals surface area contributed by atoms with E-state index in [0.29, 0.717) is 43.1 Å². The van der Waals surface area contributed by atoms with Crippen LogP contribution in [-0.4, -0.2) is 58.6 Å². The molecule has 162 valence electrons. The molecule has 1 aromatic carbocycles. The topological polar surface area (TPSA) is 92.3 Å². The van der Waals surface area contributed by atoms with E-state index < -0.39 is 11.2 Å². The summed E-state index contributed by atoms with van der Waals surface area (Å²) < 4.78 is 28.9. The van der Waals surface area contributed by atoms with Crippen LogP contribution in [0.1, 0.15) is 30.9 Å². The molecule has 1 aliphatic heterocycles. The molecular weight excluding hydrogens is 390 g/mol. The third-order valence-electron chi connectivity index (χ3n) is 6.53. The molecule has 0 saturated carbocycles. The summed E-state index contributed by atoms with van der Waals surface area (Å²) >= 11 is 0. The third-order valence-corrected chi connectivity index (χ3v) is 6.53. The molecule has 1 amide bonds. The van der Waals surface area contributed by atoms with E-state index in [1.54, 1.807) is 27.4 Å². The lowest BCUT2D eigenvalue weighted by Crippen LogP contribution is -2.54. The number of amides is 1. The van der Waals surface area contributed by atoms with E-state index in [1.165, 1.54) is 14.0 Å². The number of nitrogens with one attached hydrogen (secondary N) is 1. The number of ether oxygens (including phenoxy) is 5. The van der Waals surface area contributed by atoms with Gasteiger partial charge in [-0.1, -0.05) is 0 Å².